The first kappa shape index (κ1) is 13.3. The molecule has 2 aliphatic rings. The summed E-state index contributed by atoms with van der Waals surface area (Å²) in [4.78, 5) is 17.1. The Morgan fingerprint density at radius 1 is 1.36 bits per heavy atom. The average molecular weight is 311 g/mol. The fourth-order valence-corrected chi connectivity index (χ4v) is 3.25. The van der Waals surface area contributed by atoms with E-state index in [9.17, 15) is 4.79 Å². The molecular formula is C17H13NO3S. The van der Waals surface area contributed by atoms with Gasteiger partial charge in [0.05, 0.1) is 4.88 Å². The molecule has 0 bridgehead atoms. The van der Waals surface area contributed by atoms with E-state index in [4.69, 9.17) is 9.47 Å². The molecule has 3 heterocycles. The van der Waals surface area contributed by atoms with Crippen LogP contribution in [0.3, 0.4) is 0 Å². The minimum atomic E-state index is -0.409. The van der Waals surface area contributed by atoms with Crippen molar-refractivity contribution >= 4 is 29.3 Å². The highest BCUT2D eigenvalue weighted by Gasteiger charge is 2.25. The number of thiophene rings is 1. The van der Waals surface area contributed by atoms with Crippen LogP contribution in [-0.4, -0.2) is 18.0 Å². The van der Waals surface area contributed by atoms with E-state index in [0.29, 0.717) is 11.6 Å². The standard InChI is InChI=1S/C17H13NO3S/c1-10-7-12-8-11(4-5-14(12)20-10)9-13-17(19)21-16(18-13)15-3-2-6-22-15/h2-6,8-10H,7H2,1H3/b13-9-. The minimum Gasteiger partial charge on any atom is -0.490 e. The molecule has 2 aromatic rings. The fraction of sp³-hybridized carbons (Fsp3) is 0.176. The van der Waals surface area contributed by atoms with Crippen LogP contribution in [-0.2, 0) is 16.0 Å². The van der Waals surface area contributed by atoms with Crippen molar-refractivity contribution in [3.63, 3.8) is 0 Å². The van der Waals surface area contributed by atoms with Gasteiger partial charge in [0.2, 0.25) is 5.90 Å². The highest BCUT2D eigenvalue weighted by Crippen LogP contribution is 2.30. The zero-order chi connectivity index (χ0) is 15.1. The normalized spacial score (nSPS) is 21.5. The lowest BCUT2D eigenvalue weighted by atomic mass is 10.1. The van der Waals surface area contributed by atoms with Gasteiger partial charge < -0.3 is 9.47 Å². The van der Waals surface area contributed by atoms with Gasteiger partial charge in [-0.15, -0.1) is 11.3 Å². The van der Waals surface area contributed by atoms with Crippen molar-refractivity contribution < 1.29 is 14.3 Å². The van der Waals surface area contributed by atoms with Crippen molar-refractivity contribution in [2.45, 2.75) is 19.4 Å². The number of rotatable bonds is 2. The summed E-state index contributed by atoms with van der Waals surface area (Å²) in [5, 5.41) is 1.93. The molecule has 1 aromatic carbocycles. The van der Waals surface area contributed by atoms with Crippen molar-refractivity contribution in [2.24, 2.45) is 4.99 Å². The predicted molar refractivity (Wildman–Crippen MR) is 85.2 cm³/mol. The predicted octanol–water partition coefficient (Wildman–Crippen LogP) is 3.42. The second kappa shape index (κ2) is 5.10. The van der Waals surface area contributed by atoms with E-state index in [2.05, 4.69) is 4.99 Å². The lowest BCUT2D eigenvalue weighted by Gasteiger charge is -2.02. The summed E-state index contributed by atoms with van der Waals surface area (Å²) in [6.07, 6.45) is 2.85. The molecule has 0 fully saturated rings. The summed E-state index contributed by atoms with van der Waals surface area (Å²) in [7, 11) is 0. The quantitative estimate of drug-likeness (QED) is 0.631. The number of nitrogens with zero attached hydrogens (tertiary/aromatic N) is 1. The molecule has 0 N–H and O–H groups in total. The maximum atomic E-state index is 11.9. The minimum absolute atomic E-state index is 0.206. The topological polar surface area (TPSA) is 47.9 Å². The van der Waals surface area contributed by atoms with Gasteiger partial charge in [0.25, 0.3) is 0 Å². The van der Waals surface area contributed by atoms with Gasteiger partial charge in [0.15, 0.2) is 5.70 Å². The Hall–Kier alpha value is -2.40. The molecule has 1 aromatic heterocycles. The maximum absolute atomic E-state index is 11.9. The molecule has 0 aliphatic carbocycles. The van der Waals surface area contributed by atoms with Gasteiger partial charge in [0, 0.05) is 6.42 Å². The first-order chi connectivity index (χ1) is 10.7. The molecule has 1 atom stereocenters. The number of hydrogen-bond acceptors (Lipinski definition) is 5. The zero-order valence-corrected chi connectivity index (χ0v) is 12.7. The Kier molecular flexibility index (Phi) is 3.08. The molecule has 2 aliphatic heterocycles. The van der Waals surface area contributed by atoms with Crippen molar-refractivity contribution in [3.8, 4) is 5.75 Å². The summed E-state index contributed by atoms with van der Waals surface area (Å²) in [5.41, 5.74) is 2.42. The van der Waals surface area contributed by atoms with Gasteiger partial charge in [-0.1, -0.05) is 12.1 Å². The molecule has 1 unspecified atom stereocenters. The number of benzene rings is 1. The number of aliphatic imine (C=N–C) groups is 1. The smallest absolute Gasteiger partial charge is 0.363 e. The Bertz CT molecular complexity index is 805. The monoisotopic (exact) mass is 311 g/mol. The highest BCUT2D eigenvalue weighted by molar-refractivity contribution is 7.12. The van der Waals surface area contributed by atoms with E-state index >= 15 is 0 Å². The third-order valence-corrected chi connectivity index (χ3v) is 4.43. The fourth-order valence-electron chi connectivity index (χ4n) is 2.60. The van der Waals surface area contributed by atoms with Gasteiger partial charge in [-0.05, 0) is 47.7 Å². The summed E-state index contributed by atoms with van der Waals surface area (Å²) >= 11 is 1.50. The van der Waals surface area contributed by atoms with E-state index in [1.807, 2.05) is 42.6 Å². The van der Waals surface area contributed by atoms with Crippen LogP contribution in [0.25, 0.3) is 6.08 Å². The Morgan fingerprint density at radius 2 is 2.27 bits per heavy atom. The lowest BCUT2D eigenvalue weighted by Crippen LogP contribution is -2.05. The molecule has 4 nitrogen and oxygen atoms in total. The lowest BCUT2D eigenvalue weighted by molar-refractivity contribution is -0.129. The first-order valence-corrected chi connectivity index (χ1v) is 7.93. The maximum Gasteiger partial charge on any atom is 0.363 e. The molecule has 5 heteroatoms. The number of cyclic esters (lactones) is 1. The van der Waals surface area contributed by atoms with Crippen molar-refractivity contribution in [1.82, 2.24) is 0 Å². The number of fused-ring (bicyclic) bond motifs is 1. The number of carbonyl (C=O) groups is 1. The van der Waals surface area contributed by atoms with E-state index in [-0.39, 0.29) is 6.10 Å². The molecule has 4 rings (SSSR count). The van der Waals surface area contributed by atoms with Crippen LogP contribution >= 0.6 is 11.3 Å². The first-order valence-electron chi connectivity index (χ1n) is 7.05. The van der Waals surface area contributed by atoms with Gasteiger partial charge in [-0.25, -0.2) is 9.79 Å². The van der Waals surface area contributed by atoms with Crippen molar-refractivity contribution in [1.29, 1.82) is 0 Å². The van der Waals surface area contributed by atoms with Crippen molar-refractivity contribution in [3.05, 3.63) is 57.4 Å². The van der Waals surface area contributed by atoms with E-state index in [1.54, 1.807) is 6.08 Å². The third-order valence-electron chi connectivity index (χ3n) is 3.58. The van der Waals surface area contributed by atoms with Gasteiger partial charge in [0.1, 0.15) is 11.9 Å². The van der Waals surface area contributed by atoms with Gasteiger partial charge in [-0.3, -0.25) is 0 Å². The number of ether oxygens (including phenoxy) is 2. The Labute approximate surface area is 131 Å². The second-order valence-electron chi connectivity index (χ2n) is 5.31. The third kappa shape index (κ3) is 2.33. The summed E-state index contributed by atoms with van der Waals surface area (Å²) in [6, 6.07) is 9.69. The summed E-state index contributed by atoms with van der Waals surface area (Å²) in [6.45, 7) is 2.05. The van der Waals surface area contributed by atoms with Gasteiger partial charge >= 0.3 is 5.97 Å². The molecule has 0 saturated heterocycles. The molecule has 22 heavy (non-hydrogen) atoms. The van der Waals surface area contributed by atoms with Crippen LogP contribution in [0, 0.1) is 0 Å². The van der Waals surface area contributed by atoms with Crippen molar-refractivity contribution in [2.75, 3.05) is 0 Å². The van der Waals surface area contributed by atoms with E-state index in [0.717, 1.165) is 28.2 Å². The summed E-state index contributed by atoms with van der Waals surface area (Å²) < 4.78 is 10.9. The van der Waals surface area contributed by atoms with Crippen LogP contribution in [0.15, 0.2) is 46.4 Å². The molecule has 110 valence electrons. The van der Waals surface area contributed by atoms with E-state index < -0.39 is 5.97 Å². The van der Waals surface area contributed by atoms with Crippen LogP contribution in [0.2, 0.25) is 0 Å². The van der Waals surface area contributed by atoms with Gasteiger partial charge in [-0.2, -0.15) is 0 Å². The average Bonchev–Trinajstić information content (AvgIpc) is 3.18. The van der Waals surface area contributed by atoms with Crippen LogP contribution in [0.5, 0.6) is 5.75 Å². The highest BCUT2D eigenvalue weighted by atomic mass is 32.1. The summed E-state index contributed by atoms with van der Waals surface area (Å²) in [5.74, 6) is 0.893. The van der Waals surface area contributed by atoms with Crippen LogP contribution < -0.4 is 4.74 Å². The van der Waals surface area contributed by atoms with Crippen LogP contribution in [0.1, 0.15) is 22.9 Å². The number of carbonyl (C=O) groups excluding carboxylic acids is 1. The SMILES string of the molecule is CC1Cc2cc(/C=C3\N=C(c4cccs4)OC3=O)ccc2O1. The van der Waals surface area contributed by atoms with Crippen LogP contribution in [0.4, 0.5) is 0 Å². The second-order valence-corrected chi connectivity index (χ2v) is 6.26. The number of hydrogen-bond donors (Lipinski definition) is 0. The Balaban J connectivity index is 1.66. The molecule has 0 saturated carbocycles. The molecule has 0 spiro atoms. The number of esters is 1. The molecular weight excluding hydrogens is 298 g/mol. The zero-order valence-electron chi connectivity index (χ0n) is 11.9. The van der Waals surface area contributed by atoms with E-state index in [1.165, 1.54) is 11.3 Å². The molecule has 0 amide bonds. The molecule has 0 radical (unpaired) electrons. The Morgan fingerprint density at radius 3 is 3.09 bits per heavy atom. The largest absolute Gasteiger partial charge is 0.490 e.